The molecule has 26 heavy (non-hydrogen) atoms. The van der Waals surface area contributed by atoms with Crippen LogP contribution in [0.2, 0.25) is 0 Å². The molecule has 1 aromatic carbocycles. The van der Waals surface area contributed by atoms with Crippen LogP contribution in [0.1, 0.15) is 16.1 Å². The highest BCUT2D eigenvalue weighted by Gasteiger charge is 2.09. The fourth-order valence-corrected chi connectivity index (χ4v) is 2.33. The van der Waals surface area contributed by atoms with Crippen LogP contribution in [0, 0.1) is 0 Å². The smallest absolute Gasteiger partial charge is 0.412 e. The number of nitrogens with zero attached hydrogens (tertiary/aromatic N) is 1. The third-order valence-electron chi connectivity index (χ3n) is 3.55. The van der Waals surface area contributed by atoms with Crippen LogP contribution in [-0.4, -0.2) is 38.7 Å². The number of H-pyrrole nitrogens is 2. The fraction of sp³-hybridized carbons (Fsp3) is 0.125. The van der Waals surface area contributed by atoms with Crippen molar-refractivity contribution in [1.82, 2.24) is 20.3 Å². The number of rotatable bonds is 5. The number of benzene rings is 1. The van der Waals surface area contributed by atoms with E-state index in [4.69, 9.17) is 15.6 Å². The second-order valence-electron chi connectivity index (χ2n) is 5.40. The molecule has 0 aliphatic heterocycles. The van der Waals surface area contributed by atoms with Crippen LogP contribution in [0.15, 0.2) is 35.1 Å². The van der Waals surface area contributed by atoms with E-state index in [0.717, 1.165) is 0 Å². The first-order chi connectivity index (χ1) is 12.4. The van der Waals surface area contributed by atoms with E-state index in [1.54, 1.807) is 6.07 Å². The van der Waals surface area contributed by atoms with Crippen molar-refractivity contribution in [3.05, 3.63) is 51.9 Å². The van der Waals surface area contributed by atoms with Gasteiger partial charge in [-0.3, -0.25) is 9.78 Å². The molecule has 6 N–H and O–H groups in total. The molecule has 2 aromatic heterocycles. The van der Waals surface area contributed by atoms with E-state index < -0.39 is 12.1 Å². The van der Waals surface area contributed by atoms with Gasteiger partial charge >= 0.3 is 12.1 Å². The molecule has 0 aliphatic carbocycles. The van der Waals surface area contributed by atoms with E-state index in [-0.39, 0.29) is 29.4 Å². The molecule has 0 saturated carbocycles. The van der Waals surface area contributed by atoms with Crippen molar-refractivity contribution in [2.45, 2.75) is 6.42 Å². The van der Waals surface area contributed by atoms with Crippen LogP contribution in [0.4, 0.5) is 10.7 Å². The van der Waals surface area contributed by atoms with Gasteiger partial charge in [0.05, 0.1) is 10.9 Å². The van der Waals surface area contributed by atoms with Gasteiger partial charge in [-0.15, -0.1) is 0 Å². The van der Waals surface area contributed by atoms with Gasteiger partial charge in [-0.1, -0.05) is 0 Å². The quantitative estimate of drug-likeness (QED) is 0.452. The summed E-state index contributed by atoms with van der Waals surface area (Å²) >= 11 is 0. The van der Waals surface area contributed by atoms with Gasteiger partial charge in [0.25, 0.3) is 5.56 Å². The predicted molar refractivity (Wildman–Crippen MR) is 92.3 cm³/mol. The lowest BCUT2D eigenvalue weighted by Crippen LogP contribution is -2.28. The SMILES string of the molecule is Nc1nc2[nH]c(CCNC(=O)Oc3ccc(C(=O)O)cc3)cc2c(=O)[nH]1. The van der Waals surface area contributed by atoms with Gasteiger partial charge in [-0.2, -0.15) is 4.98 Å². The lowest BCUT2D eigenvalue weighted by atomic mass is 10.2. The summed E-state index contributed by atoms with van der Waals surface area (Å²) in [5, 5.41) is 11.8. The summed E-state index contributed by atoms with van der Waals surface area (Å²) in [5.41, 5.74) is 6.32. The monoisotopic (exact) mass is 357 g/mol. The molecule has 10 heteroatoms. The number of carbonyl (C=O) groups is 2. The molecule has 0 fully saturated rings. The Hall–Kier alpha value is -3.82. The number of aromatic carboxylic acids is 1. The van der Waals surface area contributed by atoms with Gasteiger partial charge in [-0.25, -0.2) is 9.59 Å². The number of nitrogen functional groups attached to an aromatic ring is 1. The van der Waals surface area contributed by atoms with Gasteiger partial charge in [0.1, 0.15) is 11.4 Å². The second kappa shape index (κ2) is 6.97. The van der Waals surface area contributed by atoms with E-state index in [1.807, 2.05) is 0 Å². The number of fused-ring (bicyclic) bond motifs is 1. The van der Waals surface area contributed by atoms with E-state index in [1.165, 1.54) is 24.3 Å². The molecule has 0 spiro atoms. The molecule has 0 saturated heterocycles. The number of hydrogen-bond acceptors (Lipinski definition) is 6. The molecule has 10 nitrogen and oxygen atoms in total. The molecular formula is C16H15N5O5. The minimum Gasteiger partial charge on any atom is -0.478 e. The Bertz CT molecular complexity index is 1020. The first-order valence-electron chi connectivity index (χ1n) is 7.59. The molecule has 0 bridgehead atoms. The third kappa shape index (κ3) is 3.80. The van der Waals surface area contributed by atoms with Crippen molar-refractivity contribution in [3.63, 3.8) is 0 Å². The van der Waals surface area contributed by atoms with Crippen molar-refractivity contribution >= 4 is 29.0 Å². The number of hydrogen-bond donors (Lipinski definition) is 5. The van der Waals surface area contributed by atoms with E-state index in [2.05, 4.69) is 20.3 Å². The molecular weight excluding hydrogens is 342 g/mol. The Kier molecular flexibility index (Phi) is 4.56. The zero-order valence-corrected chi connectivity index (χ0v) is 13.4. The second-order valence-corrected chi connectivity index (χ2v) is 5.40. The Morgan fingerprint density at radius 1 is 1.23 bits per heavy atom. The summed E-state index contributed by atoms with van der Waals surface area (Å²) < 4.78 is 5.04. The Labute approximate surface area is 146 Å². The van der Waals surface area contributed by atoms with Crippen LogP contribution < -0.4 is 21.3 Å². The summed E-state index contributed by atoms with van der Waals surface area (Å²) in [4.78, 5) is 43.6. The maximum atomic E-state index is 11.7. The number of carbonyl (C=O) groups excluding carboxylic acids is 1. The lowest BCUT2D eigenvalue weighted by Gasteiger charge is -2.06. The Morgan fingerprint density at radius 3 is 2.65 bits per heavy atom. The average Bonchev–Trinajstić information content (AvgIpc) is 2.98. The van der Waals surface area contributed by atoms with Crippen LogP contribution >= 0.6 is 0 Å². The van der Waals surface area contributed by atoms with Gasteiger partial charge in [0.2, 0.25) is 5.95 Å². The molecule has 3 aromatic rings. The summed E-state index contributed by atoms with van der Waals surface area (Å²) in [7, 11) is 0. The molecule has 0 aliphatic rings. The standard InChI is InChI=1S/C16H15N5O5/c17-15-20-12-11(13(22)21-15)7-9(19-12)5-6-18-16(25)26-10-3-1-8(2-4-10)14(23)24/h1-4,7H,5-6H2,(H,18,25)(H,23,24)(H4,17,19,20,21,22). The molecule has 1 amide bonds. The number of anilines is 1. The molecule has 0 radical (unpaired) electrons. The number of ether oxygens (including phenoxy) is 1. The fourth-order valence-electron chi connectivity index (χ4n) is 2.33. The summed E-state index contributed by atoms with van der Waals surface area (Å²) in [6.45, 7) is 0.256. The van der Waals surface area contributed by atoms with Gasteiger partial charge in [-0.05, 0) is 30.3 Å². The van der Waals surface area contributed by atoms with Gasteiger partial charge < -0.3 is 25.9 Å². The normalized spacial score (nSPS) is 10.6. The van der Waals surface area contributed by atoms with Crippen molar-refractivity contribution in [2.24, 2.45) is 0 Å². The molecule has 3 rings (SSSR count). The minimum atomic E-state index is -1.06. The van der Waals surface area contributed by atoms with Crippen molar-refractivity contribution in [1.29, 1.82) is 0 Å². The number of amides is 1. The first kappa shape index (κ1) is 17.0. The van der Waals surface area contributed by atoms with Crippen LogP contribution in [-0.2, 0) is 6.42 Å². The molecule has 0 atom stereocenters. The van der Waals surface area contributed by atoms with Crippen molar-refractivity contribution in [2.75, 3.05) is 12.3 Å². The molecule has 0 unspecified atom stereocenters. The topological polar surface area (TPSA) is 163 Å². The first-order valence-corrected chi connectivity index (χ1v) is 7.59. The van der Waals surface area contributed by atoms with Crippen molar-refractivity contribution < 1.29 is 19.4 Å². The number of carboxylic acid groups (broad SMARTS) is 1. The van der Waals surface area contributed by atoms with E-state index in [9.17, 15) is 14.4 Å². The van der Waals surface area contributed by atoms with Crippen LogP contribution in [0.5, 0.6) is 5.75 Å². The minimum absolute atomic E-state index is 0.0199. The summed E-state index contributed by atoms with van der Waals surface area (Å²) in [5.74, 6) is -0.815. The Morgan fingerprint density at radius 2 is 1.96 bits per heavy atom. The maximum absolute atomic E-state index is 11.7. The average molecular weight is 357 g/mol. The highest BCUT2D eigenvalue weighted by molar-refractivity contribution is 5.87. The number of nitrogens with two attached hydrogens (primary N) is 1. The highest BCUT2D eigenvalue weighted by atomic mass is 16.6. The van der Waals surface area contributed by atoms with Gasteiger partial charge in [0.15, 0.2) is 0 Å². The third-order valence-corrected chi connectivity index (χ3v) is 3.55. The predicted octanol–water partition coefficient (Wildman–Crippen LogP) is 0.863. The summed E-state index contributed by atoms with van der Waals surface area (Å²) in [6, 6.07) is 7.10. The number of aromatic amines is 2. The van der Waals surface area contributed by atoms with Crippen LogP contribution in [0.3, 0.4) is 0 Å². The number of carboxylic acids is 1. The van der Waals surface area contributed by atoms with E-state index >= 15 is 0 Å². The van der Waals surface area contributed by atoms with Gasteiger partial charge in [0, 0.05) is 18.7 Å². The number of nitrogens with one attached hydrogen (secondary N) is 3. The highest BCUT2D eigenvalue weighted by Crippen LogP contribution is 2.12. The summed E-state index contributed by atoms with van der Waals surface area (Å²) in [6.07, 6.45) is -0.257. The lowest BCUT2D eigenvalue weighted by molar-refractivity contribution is 0.0697. The molecule has 134 valence electrons. The zero-order chi connectivity index (χ0) is 18.7. The maximum Gasteiger partial charge on any atom is 0.412 e. The Balaban J connectivity index is 1.54. The molecule has 2 heterocycles. The number of aromatic nitrogens is 3. The zero-order valence-electron chi connectivity index (χ0n) is 13.4. The largest absolute Gasteiger partial charge is 0.478 e. The van der Waals surface area contributed by atoms with Crippen LogP contribution in [0.25, 0.3) is 11.0 Å². The van der Waals surface area contributed by atoms with Crippen molar-refractivity contribution in [3.8, 4) is 5.75 Å². The van der Waals surface area contributed by atoms with E-state index in [0.29, 0.717) is 23.1 Å².